The molecule has 6 nitrogen and oxygen atoms in total. The molecule has 2 aromatic carbocycles. The molecular formula is C21H30IN3O3S. The molecule has 2 N–H and O–H groups in total. The number of aryl methyl sites for hydroxylation is 1. The van der Waals surface area contributed by atoms with E-state index in [9.17, 15) is 8.42 Å². The summed E-state index contributed by atoms with van der Waals surface area (Å²) in [6, 6.07) is 14.3. The van der Waals surface area contributed by atoms with Gasteiger partial charge in [-0.1, -0.05) is 37.3 Å². The van der Waals surface area contributed by atoms with Crippen molar-refractivity contribution in [3.8, 4) is 5.75 Å². The lowest BCUT2D eigenvalue weighted by Gasteiger charge is -2.21. The number of halogens is 1. The maximum absolute atomic E-state index is 12.6. The monoisotopic (exact) mass is 531 g/mol. The van der Waals surface area contributed by atoms with Gasteiger partial charge in [0.1, 0.15) is 5.75 Å². The Labute approximate surface area is 191 Å². The fourth-order valence-corrected chi connectivity index (χ4v) is 4.43. The van der Waals surface area contributed by atoms with Gasteiger partial charge in [-0.2, -0.15) is 0 Å². The quantitative estimate of drug-likeness (QED) is 0.310. The van der Waals surface area contributed by atoms with Crippen molar-refractivity contribution in [1.29, 1.82) is 0 Å². The molecule has 0 spiro atoms. The summed E-state index contributed by atoms with van der Waals surface area (Å²) in [6.45, 7) is 4.48. The minimum Gasteiger partial charge on any atom is -0.496 e. The van der Waals surface area contributed by atoms with Gasteiger partial charge in [-0.3, -0.25) is 4.99 Å². The van der Waals surface area contributed by atoms with Crippen molar-refractivity contribution < 1.29 is 13.2 Å². The Morgan fingerprint density at radius 3 is 2.45 bits per heavy atom. The number of aliphatic imine (C=N–C) groups is 1. The van der Waals surface area contributed by atoms with Gasteiger partial charge in [0.2, 0.25) is 0 Å². The number of nitrogens with zero attached hydrogens (tertiary/aromatic N) is 1. The topological polar surface area (TPSA) is 79.8 Å². The predicted molar refractivity (Wildman–Crippen MR) is 129 cm³/mol. The second kappa shape index (κ2) is 12.0. The largest absolute Gasteiger partial charge is 0.496 e. The molecular weight excluding hydrogens is 501 g/mol. The Morgan fingerprint density at radius 1 is 1.17 bits per heavy atom. The molecule has 0 saturated carbocycles. The van der Waals surface area contributed by atoms with Crippen LogP contribution in [0.1, 0.15) is 24.5 Å². The van der Waals surface area contributed by atoms with Crippen LogP contribution in [0, 0.1) is 6.92 Å². The fourth-order valence-electron chi connectivity index (χ4n) is 2.82. The van der Waals surface area contributed by atoms with Crippen molar-refractivity contribution in [3.63, 3.8) is 0 Å². The van der Waals surface area contributed by atoms with Crippen LogP contribution >= 0.6 is 24.0 Å². The number of guanidine groups is 1. The van der Waals surface area contributed by atoms with Crippen LogP contribution in [0.2, 0.25) is 0 Å². The number of rotatable bonds is 8. The summed E-state index contributed by atoms with van der Waals surface area (Å²) < 4.78 is 30.7. The van der Waals surface area contributed by atoms with E-state index < -0.39 is 9.84 Å². The maximum atomic E-state index is 12.6. The number of hydrogen-bond donors (Lipinski definition) is 2. The van der Waals surface area contributed by atoms with Gasteiger partial charge >= 0.3 is 0 Å². The number of ether oxygens (including phenoxy) is 1. The van der Waals surface area contributed by atoms with Crippen LogP contribution in [0.15, 0.2) is 58.4 Å². The highest BCUT2D eigenvalue weighted by Gasteiger charge is 2.21. The molecule has 0 saturated heterocycles. The third-order valence-electron chi connectivity index (χ3n) is 4.47. The molecule has 0 radical (unpaired) electrons. The Morgan fingerprint density at radius 2 is 1.86 bits per heavy atom. The lowest BCUT2D eigenvalue weighted by Crippen LogP contribution is -2.45. The van der Waals surface area contributed by atoms with E-state index in [0.29, 0.717) is 23.8 Å². The molecule has 29 heavy (non-hydrogen) atoms. The SMILES string of the molecule is CCC(CS(=O)(=O)c1ccccc1)NC(=NC)NCc1ccc(C)cc1OC.I. The molecule has 0 aliphatic heterocycles. The van der Waals surface area contributed by atoms with Crippen molar-refractivity contribution in [2.24, 2.45) is 4.99 Å². The van der Waals surface area contributed by atoms with Gasteiger partial charge in [0.25, 0.3) is 0 Å². The highest BCUT2D eigenvalue weighted by molar-refractivity contribution is 14.0. The van der Waals surface area contributed by atoms with E-state index in [-0.39, 0.29) is 35.8 Å². The van der Waals surface area contributed by atoms with Gasteiger partial charge in [-0.25, -0.2) is 8.42 Å². The van der Waals surface area contributed by atoms with Gasteiger partial charge in [0, 0.05) is 25.2 Å². The molecule has 160 valence electrons. The molecule has 0 amide bonds. The van der Waals surface area contributed by atoms with Gasteiger partial charge < -0.3 is 15.4 Å². The van der Waals surface area contributed by atoms with Gasteiger partial charge in [0.15, 0.2) is 15.8 Å². The first kappa shape index (κ1) is 25.2. The first-order chi connectivity index (χ1) is 13.4. The molecule has 0 fully saturated rings. The summed E-state index contributed by atoms with van der Waals surface area (Å²) in [5, 5.41) is 6.45. The molecule has 0 aromatic heterocycles. The first-order valence-corrected chi connectivity index (χ1v) is 10.9. The van der Waals surface area contributed by atoms with Crippen LogP contribution in [0.25, 0.3) is 0 Å². The van der Waals surface area contributed by atoms with E-state index in [1.54, 1.807) is 44.5 Å². The number of benzene rings is 2. The third kappa shape index (κ3) is 7.50. The van der Waals surface area contributed by atoms with E-state index in [4.69, 9.17) is 4.74 Å². The van der Waals surface area contributed by atoms with Crippen LogP contribution in [0.3, 0.4) is 0 Å². The van der Waals surface area contributed by atoms with Crippen LogP contribution < -0.4 is 15.4 Å². The Hall–Kier alpha value is -1.81. The normalized spacial score (nSPS) is 12.6. The second-order valence-corrected chi connectivity index (χ2v) is 8.62. The Bertz CT molecular complexity index is 903. The van der Waals surface area contributed by atoms with E-state index in [0.717, 1.165) is 16.9 Å². The summed E-state index contributed by atoms with van der Waals surface area (Å²) in [5.41, 5.74) is 2.13. The van der Waals surface area contributed by atoms with E-state index >= 15 is 0 Å². The summed E-state index contributed by atoms with van der Waals surface area (Å²) in [7, 11) is -0.0607. The van der Waals surface area contributed by atoms with Crippen LogP contribution in [0.5, 0.6) is 5.75 Å². The van der Waals surface area contributed by atoms with Gasteiger partial charge in [-0.15, -0.1) is 24.0 Å². The lowest BCUT2D eigenvalue weighted by atomic mass is 10.1. The van der Waals surface area contributed by atoms with Gasteiger partial charge in [0.05, 0.1) is 17.8 Å². The summed E-state index contributed by atoms with van der Waals surface area (Å²) in [5.74, 6) is 1.36. The van der Waals surface area contributed by atoms with Crippen molar-refractivity contribution >= 4 is 39.8 Å². The Kier molecular flexibility index (Phi) is 10.5. The van der Waals surface area contributed by atoms with Crippen molar-refractivity contribution in [1.82, 2.24) is 10.6 Å². The minimum atomic E-state index is -3.37. The second-order valence-electron chi connectivity index (χ2n) is 6.59. The predicted octanol–water partition coefficient (Wildman–Crippen LogP) is 3.54. The highest BCUT2D eigenvalue weighted by Crippen LogP contribution is 2.19. The molecule has 2 rings (SSSR count). The summed E-state index contributed by atoms with van der Waals surface area (Å²) >= 11 is 0. The lowest BCUT2D eigenvalue weighted by molar-refractivity contribution is 0.408. The highest BCUT2D eigenvalue weighted by atomic mass is 127. The van der Waals surface area contributed by atoms with Crippen molar-refractivity contribution in [2.75, 3.05) is 19.9 Å². The van der Waals surface area contributed by atoms with E-state index in [1.165, 1.54) is 0 Å². The molecule has 0 aliphatic rings. The molecule has 1 unspecified atom stereocenters. The van der Waals surface area contributed by atoms with Gasteiger partial charge in [-0.05, 0) is 37.1 Å². The van der Waals surface area contributed by atoms with Crippen molar-refractivity contribution in [2.45, 2.75) is 37.8 Å². The average molecular weight is 531 g/mol. The zero-order valence-corrected chi connectivity index (χ0v) is 20.5. The molecule has 0 aliphatic carbocycles. The molecule has 2 aromatic rings. The molecule has 8 heteroatoms. The van der Waals surface area contributed by atoms with Crippen molar-refractivity contribution in [3.05, 3.63) is 59.7 Å². The number of sulfone groups is 1. The maximum Gasteiger partial charge on any atom is 0.191 e. The van der Waals surface area contributed by atoms with Crippen LogP contribution in [0.4, 0.5) is 0 Å². The molecule has 1 atom stereocenters. The fraction of sp³-hybridized carbons (Fsp3) is 0.381. The number of hydrogen-bond acceptors (Lipinski definition) is 4. The average Bonchev–Trinajstić information content (AvgIpc) is 2.71. The molecule has 0 heterocycles. The Balaban J connectivity index is 0.00000420. The smallest absolute Gasteiger partial charge is 0.191 e. The summed E-state index contributed by atoms with van der Waals surface area (Å²) in [4.78, 5) is 4.56. The first-order valence-electron chi connectivity index (χ1n) is 9.28. The van der Waals surface area contributed by atoms with E-state index in [2.05, 4.69) is 15.6 Å². The number of methoxy groups -OCH3 is 1. The number of nitrogens with one attached hydrogen (secondary N) is 2. The standard InChI is InChI=1S/C21H29N3O3S.HI/c1-5-18(15-28(25,26)19-9-7-6-8-10-19)24-21(22-3)23-14-17-12-11-16(2)13-20(17)27-4;/h6-13,18H,5,14-15H2,1-4H3,(H2,22,23,24);1H. The third-order valence-corrected chi connectivity index (χ3v) is 6.30. The molecule has 0 bridgehead atoms. The minimum absolute atomic E-state index is 0. The zero-order valence-electron chi connectivity index (χ0n) is 17.3. The van der Waals surface area contributed by atoms with Crippen LogP contribution in [-0.4, -0.2) is 40.3 Å². The zero-order chi connectivity index (χ0) is 20.6. The summed E-state index contributed by atoms with van der Waals surface area (Å²) in [6.07, 6.45) is 0.653. The van der Waals surface area contributed by atoms with E-state index in [1.807, 2.05) is 32.0 Å². The van der Waals surface area contributed by atoms with Crippen LogP contribution in [-0.2, 0) is 16.4 Å².